The monoisotopic (exact) mass is 452 g/mol. The topological polar surface area (TPSA) is 49.8 Å². The Morgan fingerprint density at radius 3 is 2.38 bits per heavy atom. The van der Waals surface area contributed by atoms with Crippen molar-refractivity contribution in [2.24, 2.45) is 0 Å². The molecule has 0 radical (unpaired) electrons. The molecule has 1 atom stereocenters. The van der Waals surface area contributed by atoms with Gasteiger partial charge in [-0.2, -0.15) is 0 Å². The van der Waals surface area contributed by atoms with Gasteiger partial charge in [-0.1, -0.05) is 36.4 Å². The number of rotatable bonds is 7. The molecule has 1 aliphatic rings. The van der Waals surface area contributed by atoms with Gasteiger partial charge in [0.15, 0.2) is 0 Å². The first-order valence-electron chi connectivity index (χ1n) is 10.1. The normalized spacial score (nSPS) is 18.0. The standard InChI is InChI=1S/C24H28N4.BrH/c1-24(13-4-6-21-7-5-15-27-23(21)24)28-17-20-11-9-19(10-12-20)16-25-18-22-8-2-3-14-26-22;/h2-3,5,7-12,14-15,25,28H,4,6,13,16-18H2,1H3;1H. The molecule has 3 aromatic rings. The van der Waals surface area contributed by atoms with E-state index < -0.39 is 0 Å². The molecule has 29 heavy (non-hydrogen) atoms. The molecule has 0 aliphatic heterocycles. The number of pyridine rings is 2. The quantitative estimate of drug-likeness (QED) is 0.545. The minimum absolute atomic E-state index is 0. The zero-order valence-corrected chi connectivity index (χ0v) is 18.6. The summed E-state index contributed by atoms with van der Waals surface area (Å²) in [6, 6.07) is 19.1. The van der Waals surface area contributed by atoms with Crippen LogP contribution in [0.2, 0.25) is 0 Å². The van der Waals surface area contributed by atoms with Crippen LogP contribution in [-0.4, -0.2) is 9.97 Å². The van der Waals surface area contributed by atoms with Crippen molar-refractivity contribution >= 4 is 17.0 Å². The largest absolute Gasteiger partial charge is 0.307 e. The number of hydrogen-bond acceptors (Lipinski definition) is 4. The lowest BCUT2D eigenvalue weighted by molar-refractivity contribution is 0.301. The molecule has 0 spiro atoms. The molecule has 0 bridgehead atoms. The third-order valence-corrected chi connectivity index (χ3v) is 5.60. The highest BCUT2D eigenvalue weighted by Crippen LogP contribution is 2.33. The van der Waals surface area contributed by atoms with Crippen molar-refractivity contribution < 1.29 is 0 Å². The second-order valence-electron chi connectivity index (χ2n) is 7.79. The van der Waals surface area contributed by atoms with Gasteiger partial charge in [0.1, 0.15) is 0 Å². The number of benzene rings is 1. The molecular formula is C24H29BrN4. The van der Waals surface area contributed by atoms with Gasteiger partial charge >= 0.3 is 0 Å². The highest BCUT2D eigenvalue weighted by Gasteiger charge is 2.32. The third-order valence-electron chi connectivity index (χ3n) is 5.60. The van der Waals surface area contributed by atoms with Gasteiger partial charge in [-0.15, -0.1) is 17.0 Å². The summed E-state index contributed by atoms with van der Waals surface area (Å²) in [6.07, 6.45) is 7.23. The summed E-state index contributed by atoms with van der Waals surface area (Å²) in [6.45, 7) is 4.77. The van der Waals surface area contributed by atoms with E-state index in [9.17, 15) is 0 Å². The lowest BCUT2D eigenvalue weighted by Crippen LogP contribution is -2.42. The molecule has 2 aromatic heterocycles. The zero-order chi connectivity index (χ0) is 19.2. The maximum atomic E-state index is 4.68. The van der Waals surface area contributed by atoms with Gasteiger partial charge in [0.25, 0.3) is 0 Å². The first-order valence-corrected chi connectivity index (χ1v) is 10.1. The molecule has 2 N–H and O–H groups in total. The molecule has 0 amide bonds. The minimum Gasteiger partial charge on any atom is -0.307 e. The van der Waals surface area contributed by atoms with Crippen molar-refractivity contribution in [3.63, 3.8) is 0 Å². The fourth-order valence-corrected chi connectivity index (χ4v) is 3.97. The lowest BCUT2D eigenvalue weighted by Gasteiger charge is -2.36. The van der Waals surface area contributed by atoms with Gasteiger partial charge in [0, 0.05) is 32.0 Å². The van der Waals surface area contributed by atoms with E-state index in [1.807, 2.05) is 36.7 Å². The van der Waals surface area contributed by atoms with Crippen LogP contribution in [-0.2, 0) is 31.6 Å². The van der Waals surface area contributed by atoms with E-state index >= 15 is 0 Å². The van der Waals surface area contributed by atoms with Gasteiger partial charge in [-0.05, 0) is 61.1 Å². The molecular weight excluding hydrogens is 424 g/mol. The Labute approximate surface area is 184 Å². The Hall–Kier alpha value is -2.08. The predicted molar refractivity (Wildman–Crippen MR) is 123 cm³/mol. The Bertz CT molecular complexity index is 898. The molecule has 152 valence electrons. The van der Waals surface area contributed by atoms with E-state index in [1.165, 1.54) is 28.8 Å². The van der Waals surface area contributed by atoms with Gasteiger partial charge < -0.3 is 10.6 Å². The van der Waals surface area contributed by atoms with Gasteiger partial charge in [0.05, 0.1) is 16.9 Å². The smallest absolute Gasteiger partial charge is 0.0633 e. The van der Waals surface area contributed by atoms with Crippen LogP contribution in [0.15, 0.2) is 67.0 Å². The number of halogens is 1. The average Bonchev–Trinajstić information content (AvgIpc) is 2.74. The van der Waals surface area contributed by atoms with Crippen LogP contribution in [0.4, 0.5) is 0 Å². The SMILES string of the molecule is Br.CC1(NCc2ccc(CNCc3ccccn3)cc2)CCCc2cccnc21. The summed E-state index contributed by atoms with van der Waals surface area (Å²) in [5.41, 5.74) is 6.22. The van der Waals surface area contributed by atoms with Crippen LogP contribution in [0.3, 0.4) is 0 Å². The van der Waals surface area contributed by atoms with Crippen molar-refractivity contribution in [3.05, 3.63) is 95.1 Å². The van der Waals surface area contributed by atoms with E-state index in [1.54, 1.807) is 0 Å². The summed E-state index contributed by atoms with van der Waals surface area (Å²) in [7, 11) is 0. The van der Waals surface area contributed by atoms with Crippen LogP contribution in [0.25, 0.3) is 0 Å². The predicted octanol–water partition coefficient (Wildman–Crippen LogP) is 4.69. The molecule has 4 nitrogen and oxygen atoms in total. The fraction of sp³-hybridized carbons (Fsp3) is 0.333. The highest BCUT2D eigenvalue weighted by molar-refractivity contribution is 8.93. The van der Waals surface area contributed by atoms with Gasteiger partial charge in [0.2, 0.25) is 0 Å². The van der Waals surface area contributed by atoms with Crippen LogP contribution in [0.1, 0.15) is 47.8 Å². The van der Waals surface area contributed by atoms with E-state index in [0.29, 0.717) is 0 Å². The number of fused-ring (bicyclic) bond motifs is 1. The zero-order valence-electron chi connectivity index (χ0n) is 16.9. The number of nitrogens with one attached hydrogen (secondary N) is 2. The molecule has 1 aromatic carbocycles. The van der Waals surface area contributed by atoms with E-state index in [-0.39, 0.29) is 22.5 Å². The minimum atomic E-state index is -0.0439. The maximum absolute atomic E-state index is 4.68. The summed E-state index contributed by atoms with van der Waals surface area (Å²) >= 11 is 0. The lowest BCUT2D eigenvalue weighted by atomic mass is 9.81. The summed E-state index contributed by atoms with van der Waals surface area (Å²) < 4.78 is 0. The van der Waals surface area contributed by atoms with Crippen molar-refractivity contribution in [3.8, 4) is 0 Å². The van der Waals surface area contributed by atoms with Crippen LogP contribution >= 0.6 is 17.0 Å². The van der Waals surface area contributed by atoms with Gasteiger partial charge in [-0.25, -0.2) is 0 Å². The van der Waals surface area contributed by atoms with Crippen LogP contribution in [0, 0.1) is 0 Å². The Morgan fingerprint density at radius 1 is 0.862 bits per heavy atom. The Balaban J connectivity index is 0.00000240. The summed E-state index contributed by atoms with van der Waals surface area (Å²) in [5, 5.41) is 7.22. The molecule has 0 fully saturated rings. The number of hydrogen-bond donors (Lipinski definition) is 2. The second kappa shape index (κ2) is 10.1. The van der Waals surface area contributed by atoms with Crippen molar-refractivity contribution in [1.29, 1.82) is 0 Å². The number of aryl methyl sites for hydroxylation is 1. The molecule has 2 heterocycles. The number of aromatic nitrogens is 2. The molecule has 4 rings (SSSR count). The Kier molecular flexibility index (Phi) is 7.53. The molecule has 5 heteroatoms. The third kappa shape index (κ3) is 5.50. The van der Waals surface area contributed by atoms with E-state index in [0.717, 1.165) is 38.2 Å². The summed E-state index contributed by atoms with van der Waals surface area (Å²) in [5.74, 6) is 0. The second-order valence-corrected chi connectivity index (χ2v) is 7.79. The molecule has 0 saturated heterocycles. The highest BCUT2D eigenvalue weighted by atomic mass is 79.9. The van der Waals surface area contributed by atoms with Crippen LogP contribution < -0.4 is 10.6 Å². The van der Waals surface area contributed by atoms with E-state index in [4.69, 9.17) is 0 Å². The molecule has 1 aliphatic carbocycles. The first kappa shape index (κ1) is 21.6. The van der Waals surface area contributed by atoms with Crippen molar-refractivity contribution in [2.45, 2.75) is 51.4 Å². The summed E-state index contributed by atoms with van der Waals surface area (Å²) in [4.78, 5) is 9.02. The molecule has 1 unspecified atom stereocenters. The van der Waals surface area contributed by atoms with Crippen molar-refractivity contribution in [1.82, 2.24) is 20.6 Å². The molecule has 0 saturated carbocycles. The van der Waals surface area contributed by atoms with Gasteiger partial charge in [-0.3, -0.25) is 9.97 Å². The van der Waals surface area contributed by atoms with Crippen molar-refractivity contribution in [2.75, 3.05) is 0 Å². The fourth-order valence-electron chi connectivity index (χ4n) is 3.97. The van der Waals surface area contributed by atoms with Crippen LogP contribution in [0.5, 0.6) is 0 Å². The maximum Gasteiger partial charge on any atom is 0.0633 e. The first-order chi connectivity index (χ1) is 13.7. The number of nitrogens with zero attached hydrogens (tertiary/aromatic N) is 2. The average molecular weight is 453 g/mol. The van der Waals surface area contributed by atoms with E-state index in [2.05, 4.69) is 57.9 Å². The Morgan fingerprint density at radius 2 is 1.62 bits per heavy atom.